The Bertz CT molecular complexity index is 744. The lowest BCUT2D eigenvalue weighted by atomic mass is 9.91. The zero-order valence-electron chi connectivity index (χ0n) is 14.1. The highest BCUT2D eigenvalue weighted by atomic mass is 32.1. The van der Waals surface area contributed by atoms with Crippen LogP contribution < -0.4 is 5.32 Å². The van der Waals surface area contributed by atoms with Gasteiger partial charge >= 0.3 is 0 Å². The molecule has 2 aromatic rings. The lowest BCUT2D eigenvalue weighted by molar-refractivity contribution is -0.133. The lowest BCUT2D eigenvalue weighted by Gasteiger charge is -2.29. The first-order valence-electron chi connectivity index (χ1n) is 7.92. The summed E-state index contributed by atoms with van der Waals surface area (Å²) >= 11 is 2.96. The number of amides is 2. The van der Waals surface area contributed by atoms with Gasteiger partial charge in [0, 0.05) is 29.6 Å². The molecule has 7 heteroatoms. The molecule has 5 nitrogen and oxygen atoms in total. The van der Waals surface area contributed by atoms with E-state index in [2.05, 4.69) is 31.1 Å². The Morgan fingerprint density at radius 1 is 1.38 bits per heavy atom. The van der Waals surface area contributed by atoms with Crippen LogP contribution in [0, 0.1) is 5.41 Å². The molecule has 3 rings (SSSR count). The Labute approximate surface area is 149 Å². The van der Waals surface area contributed by atoms with E-state index in [4.69, 9.17) is 0 Å². The van der Waals surface area contributed by atoms with Crippen LogP contribution in [-0.4, -0.2) is 28.2 Å². The van der Waals surface area contributed by atoms with Crippen molar-refractivity contribution in [3.8, 4) is 0 Å². The number of fused-ring (bicyclic) bond motifs is 1. The molecular weight excluding hydrogens is 342 g/mol. The van der Waals surface area contributed by atoms with Gasteiger partial charge < -0.3 is 4.90 Å². The molecule has 0 radical (unpaired) electrons. The molecule has 1 aliphatic heterocycles. The normalized spacial score (nSPS) is 14.4. The lowest BCUT2D eigenvalue weighted by Crippen LogP contribution is -2.37. The molecule has 0 bridgehead atoms. The first kappa shape index (κ1) is 17.1. The van der Waals surface area contributed by atoms with Gasteiger partial charge in [0.1, 0.15) is 0 Å². The van der Waals surface area contributed by atoms with Crippen LogP contribution in [0.3, 0.4) is 0 Å². The molecule has 0 unspecified atom stereocenters. The summed E-state index contributed by atoms with van der Waals surface area (Å²) in [6.07, 6.45) is 1.29. The quantitative estimate of drug-likeness (QED) is 0.903. The first-order chi connectivity index (χ1) is 11.3. The molecule has 2 amide bonds. The van der Waals surface area contributed by atoms with Crippen molar-refractivity contribution in [2.45, 2.75) is 40.2 Å². The number of thiophene rings is 1. The summed E-state index contributed by atoms with van der Waals surface area (Å²) < 4.78 is 0. The third-order valence-electron chi connectivity index (χ3n) is 3.77. The molecule has 0 aliphatic carbocycles. The number of thiazole rings is 1. The highest BCUT2D eigenvalue weighted by Gasteiger charge is 2.27. The van der Waals surface area contributed by atoms with E-state index < -0.39 is 0 Å². The minimum Gasteiger partial charge on any atom is -0.337 e. The fourth-order valence-corrected chi connectivity index (χ4v) is 4.25. The van der Waals surface area contributed by atoms with Crippen LogP contribution in [0.4, 0.5) is 5.13 Å². The van der Waals surface area contributed by atoms with Gasteiger partial charge in [-0.3, -0.25) is 14.9 Å². The summed E-state index contributed by atoms with van der Waals surface area (Å²) in [4.78, 5) is 32.0. The number of rotatable bonds is 3. The first-order valence-corrected chi connectivity index (χ1v) is 9.68. The van der Waals surface area contributed by atoms with Gasteiger partial charge in [0.05, 0.1) is 17.8 Å². The van der Waals surface area contributed by atoms with Gasteiger partial charge in [0.15, 0.2) is 5.13 Å². The number of carbonyl (C=O) groups is 2. The molecule has 0 saturated carbocycles. The minimum absolute atomic E-state index is 0.00920. The predicted octanol–water partition coefficient (Wildman–Crippen LogP) is 3.78. The zero-order valence-corrected chi connectivity index (χ0v) is 15.7. The summed E-state index contributed by atoms with van der Waals surface area (Å²) in [5, 5.41) is 7.16. The molecular formula is C17H21N3O2S2. The second-order valence-electron chi connectivity index (χ2n) is 7.16. The van der Waals surface area contributed by atoms with Crippen molar-refractivity contribution in [1.29, 1.82) is 0 Å². The number of anilines is 1. The molecule has 0 atom stereocenters. The average Bonchev–Trinajstić information content (AvgIpc) is 3.13. The summed E-state index contributed by atoms with van der Waals surface area (Å²) in [5.74, 6) is 0.0495. The Morgan fingerprint density at radius 3 is 2.83 bits per heavy atom. The molecule has 24 heavy (non-hydrogen) atoms. The van der Waals surface area contributed by atoms with Crippen molar-refractivity contribution >= 4 is 39.6 Å². The molecule has 128 valence electrons. The molecule has 1 N–H and O–H groups in total. The van der Waals surface area contributed by atoms with Crippen LogP contribution in [0.15, 0.2) is 16.8 Å². The van der Waals surface area contributed by atoms with E-state index in [9.17, 15) is 9.59 Å². The Balaban J connectivity index is 1.66. The van der Waals surface area contributed by atoms with E-state index in [-0.39, 0.29) is 17.2 Å². The van der Waals surface area contributed by atoms with Crippen molar-refractivity contribution < 1.29 is 9.59 Å². The Kier molecular flexibility index (Phi) is 4.73. The maximum atomic E-state index is 12.4. The van der Waals surface area contributed by atoms with Gasteiger partial charge in [-0.15, -0.1) is 0 Å². The van der Waals surface area contributed by atoms with Crippen molar-refractivity contribution in [3.05, 3.63) is 33.0 Å². The van der Waals surface area contributed by atoms with Crippen molar-refractivity contribution in [2.75, 3.05) is 11.9 Å². The van der Waals surface area contributed by atoms with E-state index in [1.54, 1.807) is 6.07 Å². The van der Waals surface area contributed by atoms with Crippen LogP contribution in [0.2, 0.25) is 0 Å². The molecule has 0 aromatic carbocycles. The van der Waals surface area contributed by atoms with Crippen molar-refractivity contribution in [1.82, 2.24) is 9.88 Å². The van der Waals surface area contributed by atoms with E-state index in [0.29, 0.717) is 30.2 Å². The summed E-state index contributed by atoms with van der Waals surface area (Å²) in [5.41, 5.74) is 1.64. The maximum absolute atomic E-state index is 12.4. The SMILES string of the molecule is CC(C)(C)CC(=O)N1CCc2nc(NC(=O)c3ccsc3)sc2C1. The minimum atomic E-state index is -0.136. The van der Waals surface area contributed by atoms with E-state index in [1.807, 2.05) is 15.7 Å². The fraction of sp³-hybridized carbons (Fsp3) is 0.471. The standard InChI is InChI=1S/C17H21N3O2S2/c1-17(2,3)8-14(21)20-6-4-12-13(9-20)24-16(18-12)19-15(22)11-5-7-23-10-11/h5,7,10H,4,6,8-9H2,1-3H3,(H,18,19,22). The van der Waals surface area contributed by atoms with E-state index in [1.165, 1.54) is 22.7 Å². The summed E-state index contributed by atoms with van der Waals surface area (Å²) in [7, 11) is 0. The van der Waals surface area contributed by atoms with Crippen LogP contribution >= 0.6 is 22.7 Å². The highest BCUT2D eigenvalue weighted by Crippen LogP contribution is 2.30. The third-order valence-corrected chi connectivity index (χ3v) is 5.45. The van der Waals surface area contributed by atoms with E-state index >= 15 is 0 Å². The number of nitrogens with one attached hydrogen (secondary N) is 1. The monoisotopic (exact) mass is 363 g/mol. The number of aromatic nitrogens is 1. The van der Waals surface area contributed by atoms with Gasteiger partial charge in [-0.1, -0.05) is 32.1 Å². The number of hydrogen-bond donors (Lipinski definition) is 1. The number of nitrogens with zero attached hydrogens (tertiary/aromatic N) is 2. The third kappa shape index (κ3) is 4.02. The van der Waals surface area contributed by atoms with Crippen LogP contribution in [0.1, 0.15) is 48.1 Å². The Hall–Kier alpha value is -1.73. The van der Waals surface area contributed by atoms with Gasteiger partial charge in [0.2, 0.25) is 5.91 Å². The molecule has 2 aromatic heterocycles. The molecule has 0 spiro atoms. The summed E-state index contributed by atoms with van der Waals surface area (Å²) in [6, 6.07) is 1.79. The molecule has 0 fully saturated rings. The maximum Gasteiger partial charge on any atom is 0.258 e. The van der Waals surface area contributed by atoms with Crippen molar-refractivity contribution in [2.24, 2.45) is 5.41 Å². The largest absolute Gasteiger partial charge is 0.337 e. The van der Waals surface area contributed by atoms with Crippen LogP contribution in [-0.2, 0) is 17.8 Å². The van der Waals surface area contributed by atoms with E-state index in [0.717, 1.165) is 17.0 Å². The van der Waals surface area contributed by atoms with Gasteiger partial charge in [0.25, 0.3) is 5.91 Å². The molecule has 1 aliphatic rings. The predicted molar refractivity (Wildman–Crippen MR) is 97.6 cm³/mol. The second kappa shape index (κ2) is 6.64. The number of hydrogen-bond acceptors (Lipinski definition) is 5. The average molecular weight is 364 g/mol. The highest BCUT2D eigenvalue weighted by molar-refractivity contribution is 7.16. The smallest absolute Gasteiger partial charge is 0.258 e. The Morgan fingerprint density at radius 2 is 2.17 bits per heavy atom. The fourth-order valence-electron chi connectivity index (χ4n) is 2.59. The molecule has 0 saturated heterocycles. The second-order valence-corrected chi connectivity index (χ2v) is 9.02. The van der Waals surface area contributed by atoms with Gasteiger partial charge in [-0.05, 0) is 16.9 Å². The van der Waals surface area contributed by atoms with Crippen LogP contribution in [0.25, 0.3) is 0 Å². The van der Waals surface area contributed by atoms with Crippen molar-refractivity contribution in [3.63, 3.8) is 0 Å². The topological polar surface area (TPSA) is 62.3 Å². The van der Waals surface area contributed by atoms with Crippen LogP contribution in [0.5, 0.6) is 0 Å². The zero-order chi connectivity index (χ0) is 17.3. The van der Waals surface area contributed by atoms with Gasteiger partial charge in [-0.2, -0.15) is 11.3 Å². The summed E-state index contributed by atoms with van der Waals surface area (Å²) in [6.45, 7) is 7.51. The molecule has 3 heterocycles. The van der Waals surface area contributed by atoms with Gasteiger partial charge in [-0.25, -0.2) is 4.98 Å². The number of carbonyl (C=O) groups excluding carboxylic acids is 2.